The molecule has 1 saturated heterocycles. The van der Waals surface area contributed by atoms with Crippen LogP contribution >= 0.6 is 11.8 Å². The Morgan fingerprint density at radius 2 is 2.23 bits per heavy atom. The molecule has 76 valence electrons. The molecule has 0 aromatic heterocycles. The first-order chi connectivity index (χ1) is 6.15. The zero-order valence-electron chi connectivity index (χ0n) is 8.75. The SMILES string of the molecule is CCC(=O)CN1CCSC(C)C1C. The average Bonchev–Trinajstić information content (AvgIpc) is 2.13. The highest BCUT2D eigenvalue weighted by molar-refractivity contribution is 8.00. The van der Waals surface area contributed by atoms with Crippen LogP contribution in [-0.4, -0.2) is 40.8 Å². The van der Waals surface area contributed by atoms with Gasteiger partial charge in [-0.2, -0.15) is 11.8 Å². The number of ketones is 1. The summed E-state index contributed by atoms with van der Waals surface area (Å²) in [7, 11) is 0. The van der Waals surface area contributed by atoms with E-state index in [1.807, 2.05) is 18.7 Å². The summed E-state index contributed by atoms with van der Waals surface area (Å²) in [5.74, 6) is 1.54. The van der Waals surface area contributed by atoms with E-state index >= 15 is 0 Å². The van der Waals surface area contributed by atoms with Crippen molar-refractivity contribution in [3.05, 3.63) is 0 Å². The van der Waals surface area contributed by atoms with E-state index in [2.05, 4.69) is 18.7 Å². The normalized spacial score (nSPS) is 30.4. The van der Waals surface area contributed by atoms with E-state index < -0.39 is 0 Å². The molecule has 1 rings (SSSR count). The fourth-order valence-electron chi connectivity index (χ4n) is 1.56. The third kappa shape index (κ3) is 2.99. The van der Waals surface area contributed by atoms with Gasteiger partial charge >= 0.3 is 0 Å². The predicted octanol–water partition coefficient (Wildman–Crippen LogP) is 1.79. The number of Topliss-reactive ketones (excluding diaryl/α,β-unsaturated/α-hetero) is 1. The predicted molar refractivity (Wildman–Crippen MR) is 58.3 cm³/mol. The first-order valence-electron chi connectivity index (χ1n) is 5.02. The minimum atomic E-state index is 0.367. The van der Waals surface area contributed by atoms with Gasteiger partial charge in [-0.1, -0.05) is 13.8 Å². The lowest BCUT2D eigenvalue weighted by Crippen LogP contribution is -2.46. The van der Waals surface area contributed by atoms with Crippen LogP contribution in [0.15, 0.2) is 0 Å². The largest absolute Gasteiger partial charge is 0.298 e. The standard InChI is InChI=1S/C10H19NOS/c1-4-10(12)7-11-5-6-13-9(3)8(11)2/h8-9H,4-7H2,1-3H3. The van der Waals surface area contributed by atoms with Gasteiger partial charge in [0.1, 0.15) is 5.78 Å². The molecule has 0 N–H and O–H groups in total. The molecule has 0 aromatic rings. The molecule has 3 heteroatoms. The molecule has 1 fully saturated rings. The highest BCUT2D eigenvalue weighted by atomic mass is 32.2. The highest BCUT2D eigenvalue weighted by Crippen LogP contribution is 2.23. The van der Waals surface area contributed by atoms with Crippen LogP contribution in [0.3, 0.4) is 0 Å². The van der Waals surface area contributed by atoms with Gasteiger partial charge in [0.05, 0.1) is 6.54 Å². The van der Waals surface area contributed by atoms with Gasteiger partial charge < -0.3 is 0 Å². The molecule has 2 nitrogen and oxygen atoms in total. The summed E-state index contributed by atoms with van der Waals surface area (Å²) >= 11 is 2.01. The quantitative estimate of drug-likeness (QED) is 0.694. The number of carbonyl (C=O) groups excluding carboxylic acids is 1. The summed E-state index contributed by atoms with van der Waals surface area (Å²) in [5.41, 5.74) is 0. The summed E-state index contributed by atoms with van der Waals surface area (Å²) in [6.07, 6.45) is 0.671. The van der Waals surface area contributed by atoms with Gasteiger partial charge in [-0.05, 0) is 6.92 Å². The van der Waals surface area contributed by atoms with E-state index in [4.69, 9.17) is 0 Å². The van der Waals surface area contributed by atoms with Crippen LogP contribution in [0.1, 0.15) is 27.2 Å². The molecule has 1 heterocycles. The molecule has 0 bridgehead atoms. The Balaban J connectivity index is 2.43. The molecular formula is C10H19NOS. The number of thioether (sulfide) groups is 1. The van der Waals surface area contributed by atoms with Crippen molar-refractivity contribution in [2.24, 2.45) is 0 Å². The summed E-state index contributed by atoms with van der Waals surface area (Å²) in [6, 6.07) is 0.550. The summed E-state index contributed by atoms with van der Waals surface area (Å²) < 4.78 is 0. The minimum Gasteiger partial charge on any atom is -0.298 e. The van der Waals surface area contributed by atoms with Crippen LogP contribution in [0.5, 0.6) is 0 Å². The Morgan fingerprint density at radius 1 is 1.54 bits per heavy atom. The van der Waals surface area contributed by atoms with Crippen LogP contribution in [0, 0.1) is 0 Å². The van der Waals surface area contributed by atoms with E-state index in [-0.39, 0.29) is 0 Å². The maximum absolute atomic E-state index is 11.3. The summed E-state index contributed by atoms with van der Waals surface area (Å²) in [4.78, 5) is 13.6. The smallest absolute Gasteiger partial charge is 0.146 e. The van der Waals surface area contributed by atoms with Gasteiger partial charge in [0, 0.05) is 30.0 Å². The number of carbonyl (C=O) groups is 1. The zero-order valence-corrected chi connectivity index (χ0v) is 9.56. The van der Waals surface area contributed by atoms with Gasteiger partial charge in [0.25, 0.3) is 0 Å². The molecule has 0 spiro atoms. The van der Waals surface area contributed by atoms with E-state index in [0.717, 1.165) is 6.54 Å². The van der Waals surface area contributed by atoms with Crippen molar-refractivity contribution in [3.63, 3.8) is 0 Å². The Hall–Kier alpha value is -0.0200. The second kappa shape index (κ2) is 5.01. The van der Waals surface area contributed by atoms with Crippen LogP contribution < -0.4 is 0 Å². The molecule has 2 unspecified atom stereocenters. The molecule has 0 amide bonds. The van der Waals surface area contributed by atoms with Gasteiger partial charge in [0.15, 0.2) is 0 Å². The number of rotatable bonds is 3. The maximum Gasteiger partial charge on any atom is 0.146 e. The van der Waals surface area contributed by atoms with Crippen LogP contribution in [-0.2, 0) is 4.79 Å². The van der Waals surface area contributed by atoms with Crippen molar-refractivity contribution in [1.82, 2.24) is 4.90 Å². The van der Waals surface area contributed by atoms with Gasteiger partial charge in [-0.3, -0.25) is 9.69 Å². The van der Waals surface area contributed by atoms with Gasteiger partial charge in [-0.25, -0.2) is 0 Å². The lowest BCUT2D eigenvalue weighted by atomic mass is 10.2. The van der Waals surface area contributed by atoms with Crippen LogP contribution in [0.25, 0.3) is 0 Å². The van der Waals surface area contributed by atoms with Crippen molar-refractivity contribution in [3.8, 4) is 0 Å². The zero-order chi connectivity index (χ0) is 9.84. The Labute approximate surface area is 85.1 Å². The fraction of sp³-hybridized carbons (Fsp3) is 0.900. The van der Waals surface area contributed by atoms with E-state index in [0.29, 0.717) is 30.0 Å². The minimum absolute atomic E-state index is 0.367. The number of hydrogen-bond donors (Lipinski definition) is 0. The lowest BCUT2D eigenvalue weighted by Gasteiger charge is -2.36. The Bertz CT molecular complexity index is 184. The van der Waals surface area contributed by atoms with Crippen molar-refractivity contribution >= 4 is 17.5 Å². The third-order valence-electron chi connectivity index (χ3n) is 2.79. The van der Waals surface area contributed by atoms with Crippen molar-refractivity contribution in [1.29, 1.82) is 0 Å². The molecule has 0 aromatic carbocycles. The molecule has 1 aliphatic heterocycles. The molecule has 2 atom stereocenters. The van der Waals surface area contributed by atoms with Crippen molar-refractivity contribution in [2.75, 3.05) is 18.8 Å². The van der Waals surface area contributed by atoms with Crippen molar-refractivity contribution in [2.45, 2.75) is 38.5 Å². The molecule has 1 aliphatic rings. The maximum atomic E-state index is 11.3. The van der Waals surface area contributed by atoms with Gasteiger partial charge in [-0.15, -0.1) is 0 Å². The molecule has 0 saturated carbocycles. The topological polar surface area (TPSA) is 20.3 Å². The number of nitrogens with zero attached hydrogens (tertiary/aromatic N) is 1. The van der Waals surface area contributed by atoms with Crippen LogP contribution in [0.4, 0.5) is 0 Å². The molecule has 0 aliphatic carbocycles. The Kier molecular flexibility index (Phi) is 4.26. The lowest BCUT2D eigenvalue weighted by molar-refractivity contribution is -0.120. The first-order valence-corrected chi connectivity index (χ1v) is 6.07. The van der Waals surface area contributed by atoms with Gasteiger partial charge in [0.2, 0.25) is 0 Å². The fourth-order valence-corrected chi connectivity index (χ4v) is 2.72. The summed E-state index contributed by atoms with van der Waals surface area (Å²) in [5, 5.41) is 0.665. The molecule has 0 radical (unpaired) electrons. The van der Waals surface area contributed by atoms with Crippen LogP contribution in [0.2, 0.25) is 0 Å². The second-order valence-corrected chi connectivity index (χ2v) is 5.16. The Morgan fingerprint density at radius 3 is 2.85 bits per heavy atom. The average molecular weight is 201 g/mol. The number of hydrogen-bond acceptors (Lipinski definition) is 3. The summed E-state index contributed by atoms with van der Waals surface area (Å²) in [6.45, 7) is 8.14. The van der Waals surface area contributed by atoms with E-state index in [1.54, 1.807) is 0 Å². The second-order valence-electron chi connectivity index (χ2n) is 3.68. The van der Waals surface area contributed by atoms with E-state index in [9.17, 15) is 4.79 Å². The molecular weight excluding hydrogens is 182 g/mol. The molecule has 13 heavy (non-hydrogen) atoms. The third-order valence-corrected chi connectivity index (χ3v) is 4.13. The highest BCUT2D eigenvalue weighted by Gasteiger charge is 2.25. The van der Waals surface area contributed by atoms with E-state index in [1.165, 1.54) is 5.75 Å². The first kappa shape index (κ1) is 11.1. The monoisotopic (exact) mass is 201 g/mol. The van der Waals surface area contributed by atoms with Crippen molar-refractivity contribution < 1.29 is 4.79 Å².